The van der Waals surface area contributed by atoms with Gasteiger partial charge in [0.2, 0.25) is 11.6 Å². The van der Waals surface area contributed by atoms with E-state index in [0.29, 0.717) is 25.9 Å². The van der Waals surface area contributed by atoms with E-state index in [-0.39, 0.29) is 22.2 Å². The van der Waals surface area contributed by atoms with Crippen LogP contribution in [0.15, 0.2) is 94.4 Å². The fourth-order valence-electron chi connectivity index (χ4n) is 6.66. The van der Waals surface area contributed by atoms with Gasteiger partial charge in [0.15, 0.2) is 5.71 Å². The first-order chi connectivity index (χ1) is 23.4. The van der Waals surface area contributed by atoms with Gasteiger partial charge in [-0.05, 0) is 75.6 Å². The van der Waals surface area contributed by atoms with Gasteiger partial charge in [-0.15, -0.1) is 6.42 Å². The van der Waals surface area contributed by atoms with Crippen molar-refractivity contribution in [1.82, 2.24) is 5.32 Å². The molecule has 0 aromatic heterocycles. The molecule has 0 unspecified atom stereocenters. The van der Waals surface area contributed by atoms with E-state index in [0.717, 1.165) is 46.8 Å². The lowest BCUT2D eigenvalue weighted by molar-refractivity contribution is -0.438. The smallest absolute Gasteiger partial charge is 0.294 e. The first-order valence-electron chi connectivity index (χ1n) is 16.5. The molecule has 0 spiro atoms. The summed E-state index contributed by atoms with van der Waals surface area (Å²) >= 11 is 0. The molecule has 2 aromatic carbocycles. The van der Waals surface area contributed by atoms with E-state index in [4.69, 9.17) is 6.42 Å². The fraction of sp³-hybridized carbons (Fsp3) is 0.368. The topological polar surface area (TPSA) is 147 Å². The van der Waals surface area contributed by atoms with Crippen LogP contribution in [0.4, 0.5) is 11.4 Å². The van der Waals surface area contributed by atoms with Gasteiger partial charge in [-0.2, -0.15) is 13.0 Å². The van der Waals surface area contributed by atoms with Crippen molar-refractivity contribution in [3.63, 3.8) is 0 Å². The average molecular weight is 720 g/mol. The summed E-state index contributed by atoms with van der Waals surface area (Å²) < 4.78 is 70.8. The second-order valence-corrected chi connectivity index (χ2v) is 16.1. The van der Waals surface area contributed by atoms with Crippen molar-refractivity contribution in [1.29, 1.82) is 0 Å². The van der Waals surface area contributed by atoms with Gasteiger partial charge in [-0.25, -0.2) is 8.42 Å². The molecular weight excluding hydrogens is 675 g/mol. The molecule has 266 valence electrons. The Labute approximate surface area is 296 Å². The van der Waals surface area contributed by atoms with Crippen molar-refractivity contribution < 1.29 is 35.3 Å². The molecule has 50 heavy (non-hydrogen) atoms. The minimum atomic E-state index is -4.57. The van der Waals surface area contributed by atoms with E-state index in [1.807, 2.05) is 77.2 Å². The van der Waals surface area contributed by atoms with Crippen LogP contribution in [0.25, 0.3) is 0 Å². The highest BCUT2D eigenvalue weighted by molar-refractivity contribution is 7.86. The summed E-state index contributed by atoms with van der Waals surface area (Å²) in [6, 6.07) is 9.19. The van der Waals surface area contributed by atoms with Gasteiger partial charge >= 0.3 is 0 Å². The number of nitrogens with zero attached hydrogens (tertiary/aromatic N) is 2. The molecule has 2 N–H and O–H groups in total. The Balaban J connectivity index is 1.53. The van der Waals surface area contributed by atoms with Crippen LogP contribution >= 0.6 is 0 Å². The van der Waals surface area contributed by atoms with Crippen LogP contribution < -0.4 is 10.2 Å². The normalized spacial score (nSPS) is 17.6. The number of rotatable bonds is 14. The Morgan fingerprint density at radius 2 is 1.60 bits per heavy atom. The van der Waals surface area contributed by atoms with Crippen LogP contribution in [0.1, 0.15) is 71.4 Å². The first-order valence-corrected chi connectivity index (χ1v) is 19.4. The van der Waals surface area contributed by atoms with Gasteiger partial charge < -0.3 is 14.8 Å². The lowest BCUT2D eigenvalue weighted by Crippen LogP contribution is -2.28. The Bertz CT molecular complexity index is 2060. The maximum absolute atomic E-state index is 12.0. The summed E-state index contributed by atoms with van der Waals surface area (Å²) in [7, 11) is -8.95. The van der Waals surface area contributed by atoms with Gasteiger partial charge in [0.1, 0.15) is 16.7 Å². The van der Waals surface area contributed by atoms with E-state index in [2.05, 4.69) is 20.7 Å². The summed E-state index contributed by atoms with van der Waals surface area (Å²) in [6.07, 6.45) is 21.4. The Morgan fingerprint density at radius 3 is 2.26 bits per heavy atom. The molecule has 0 saturated carbocycles. The summed E-state index contributed by atoms with van der Waals surface area (Å²) in [5.41, 5.74) is 4.17. The summed E-state index contributed by atoms with van der Waals surface area (Å²) in [4.78, 5) is 13.6. The van der Waals surface area contributed by atoms with Crippen molar-refractivity contribution in [3.8, 4) is 12.3 Å². The highest BCUT2D eigenvalue weighted by Gasteiger charge is 2.45. The summed E-state index contributed by atoms with van der Waals surface area (Å²) in [5, 5.41) is 2.67. The van der Waals surface area contributed by atoms with Crippen LogP contribution in [0.3, 0.4) is 0 Å². The molecule has 2 aliphatic rings. The van der Waals surface area contributed by atoms with Crippen molar-refractivity contribution in [2.75, 3.05) is 24.5 Å². The van der Waals surface area contributed by atoms with E-state index >= 15 is 0 Å². The zero-order valence-corrected chi connectivity index (χ0v) is 30.8. The van der Waals surface area contributed by atoms with Gasteiger partial charge in [0.05, 0.1) is 21.8 Å². The first kappa shape index (κ1) is 38.5. The van der Waals surface area contributed by atoms with Crippen LogP contribution in [0.2, 0.25) is 0 Å². The van der Waals surface area contributed by atoms with Crippen LogP contribution in [0.5, 0.6) is 0 Å². The number of benzene rings is 2. The molecule has 0 aliphatic carbocycles. The highest BCUT2D eigenvalue weighted by Crippen LogP contribution is 2.48. The quantitative estimate of drug-likeness (QED) is 0.0808. The maximum atomic E-state index is 12.0. The van der Waals surface area contributed by atoms with Gasteiger partial charge in [-0.1, -0.05) is 50.1 Å². The van der Waals surface area contributed by atoms with Gasteiger partial charge in [0, 0.05) is 53.9 Å². The summed E-state index contributed by atoms with van der Waals surface area (Å²) in [6.45, 7) is 11.6. The van der Waals surface area contributed by atoms with Crippen molar-refractivity contribution in [3.05, 3.63) is 95.8 Å². The number of terminal acetylenes is 1. The third-order valence-corrected chi connectivity index (χ3v) is 10.9. The predicted molar refractivity (Wildman–Crippen MR) is 195 cm³/mol. The number of hydrogen-bond donors (Lipinski definition) is 2. The number of allylic oxidation sites excluding steroid dienone is 8. The standard InChI is InChI=1S/C38H45N3O7S2/c1-7-24-39-36(42)19-15-12-16-25-41-33-23-21-29(50(46,47)48)27-31(33)38(5,6)35(41)18-14-11-9-10-13-17-34-37(3,4)30-26-28(49(43,44)45)20-22-32(30)40(34)8-2/h1,9-11,13-14,17-18,20-23,26-27H,8,12,15-16,19,24-25H2,2-6H3,(H2-,39,42,43,44,45,46,47,48). The Hall–Kier alpha value is -4.28. The number of carbonyl (C=O) groups is 1. The van der Waals surface area contributed by atoms with Gasteiger partial charge in [0.25, 0.3) is 10.1 Å². The van der Waals surface area contributed by atoms with E-state index in [1.165, 1.54) is 24.3 Å². The van der Waals surface area contributed by atoms with Crippen LogP contribution in [-0.2, 0) is 35.9 Å². The summed E-state index contributed by atoms with van der Waals surface area (Å²) in [5.74, 6) is 2.32. The zero-order valence-electron chi connectivity index (χ0n) is 29.1. The van der Waals surface area contributed by atoms with Crippen molar-refractivity contribution >= 4 is 43.2 Å². The molecule has 0 fully saturated rings. The third kappa shape index (κ3) is 8.36. The number of fused-ring (bicyclic) bond motifs is 2. The number of unbranched alkanes of at least 4 members (excludes halogenated alkanes) is 2. The zero-order chi connectivity index (χ0) is 36.9. The Kier molecular flexibility index (Phi) is 11.8. The SMILES string of the molecule is C#CCNC(=O)CCCCC[N+]1=C(C=CC=CC=CC=C2N(CC)c3ccc(S(=O)(=O)[O-])cc3C2(C)C)C(C)(C)c2cc(S(=O)(=O)O)ccc21. The number of likely N-dealkylation sites (N-methyl/N-ethyl adjacent to an activating group) is 1. The molecule has 0 radical (unpaired) electrons. The van der Waals surface area contributed by atoms with Gasteiger partial charge in [-0.3, -0.25) is 9.35 Å². The number of hydrogen-bond acceptors (Lipinski definition) is 7. The molecule has 0 saturated heterocycles. The number of nitrogens with one attached hydrogen (secondary N) is 1. The van der Waals surface area contributed by atoms with E-state index < -0.39 is 31.1 Å². The fourth-order valence-corrected chi connectivity index (χ4v) is 7.67. The monoisotopic (exact) mass is 719 g/mol. The van der Waals surface area contributed by atoms with Crippen LogP contribution in [-0.4, -0.2) is 61.8 Å². The molecule has 1 amide bonds. The predicted octanol–water partition coefficient (Wildman–Crippen LogP) is 5.89. The molecule has 4 rings (SSSR count). The molecule has 10 nitrogen and oxygen atoms in total. The lowest BCUT2D eigenvalue weighted by atomic mass is 9.81. The molecule has 2 aromatic rings. The maximum Gasteiger partial charge on any atom is 0.294 e. The van der Waals surface area contributed by atoms with Crippen LogP contribution in [0, 0.1) is 12.3 Å². The molecule has 0 bridgehead atoms. The average Bonchev–Trinajstić information content (AvgIpc) is 3.39. The molecular formula is C38H45N3O7S2. The van der Waals surface area contributed by atoms with E-state index in [9.17, 15) is 30.7 Å². The highest BCUT2D eigenvalue weighted by atomic mass is 32.2. The largest absolute Gasteiger partial charge is 0.744 e. The lowest BCUT2D eigenvalue weighted by Gasteiger charge is -2.25. The molecule has 2 heterocycles. The van der Waals surface area contributed by atoms with Crippen molar-refractivity contribution in [2.45, 2.75) is 80.9 Å². The minimum absolute atomic E-state index is 0.0765. The number of anilines is 1. The third-order valence-electron chi connectivity index (χ3n) is 9.26. The second-order valence-electron chi connectivity index (χ2n) is 13.3. The van der Waals surface area contributed by atoms with Crippen molar-refractivity contribution in [2.24, 2.45) is 0 Å². The Morgan fingerprint density at radius 1 is 0.940 bits per heavy atom. The second kappa shape index (κ2) is 15.3. The number of carbonyl (C=O) groups excluding carboxylic acids is 1. The molecule has 0 atom stereocenters. The number of amides is 1. The van der Waals surface area contributed by atoms with E-state index in [1.54, 1.807) is 12.1 Å². The minimum Gasteiger partial charge on any atom is -0.744 e. The molecule has 2 aliphatic heterocycles. The molecule has 12 heteroatoms.